The molecule has 0 fully saturated rings. The topological polar surface area (TPSA) is 85.0 Å². The average molecular weight is 369 g/mol. The van der Waals surface area contributed by atoms with Crippen molar-refractivity contribution >= 4 is 22.9 Å². The number of carbonyl (C=O) groups is 1. The van der Waals surface area contributed by atoms with Crippen LogP contribution in [0, 0.1) is 12.7 Å². The van der Waals surface area contributed by atoms with E-state index < -0.39 is 18.1 Å². The number of halogens is 3. The molecule has 0 aliphatic rings. The molecule has 0 aliphatic heterocycles. The Morgan fingerprint density at radius 2 is 2.08 bits per heavy atom. The maximum Gasteiger partial charge on any atom is 0.314 e. The van der Waals surface area contributed by atoms with Gasteiger partial charge in [-0.3, -0.25) is 9.69 Å². The van der Waals surface area contributed by atoms with Gasteiger partial charge in [-0.2, -0.15) is 8.78 Å². The van der Waals surface area contributed by atoms with Crippen LogP contribution in [0.25, 0.3) is 11.5 Å². The van der Waals surface area contributed by atoms with Crippen LogP contribution in [0.2, 0.25) is 0 Å². The predicted octanol–water partition coefficient (Wildman–Crippen LogP) is 3.14. The van der Waals surface area contributed by atoms with Gasteiger partial charge in [0.1, 0.15) is 10.8 Å². The van der Waals surface area contributed by atoms with Gasteiger partial charge in [0, 0.05) is 11.1 Å². The van der Waals surface area contributed by atoms with Gasteiger partial charge in [0.15, 0.2) is 0 Å². The van der Waals surface area contributed by atoms with Crippen molar-refractivity contribution in [2.75, 3.05) is 4.90 Å². The normalized spacial score (nSPS) is 11.1. The second kappa shape index (κ2) is 6.97. The summed E-state index contributed by atoms with van der Waals surface area (Å²) in [6.07, 6.45) is -2.37. The fourth-order valence-corrected chi connectivity index (χ4v) is 2.64. The minimum atomic E-state index is -2.90. The molecular formula is C14H10F3N5O2S. The van der Waals surface area contributed by atoms with Gasteiger partial charge in [-0.25, -0.2) is 4.39 Å². The Kier molecular flexibility index (Phi) is 4.74. The summed E-state index contributed by atoms with van der Waals surface area (Å²) in [6, 6.07) is 3.92. The third-order valence-corrected chi connectivity index (χ3v) is 4.03. The van der Waals surface area contributed by atoms with Crippen LogP contribution in [0.4, 0.5) is 18.3 Å². The van der Waals surface area contributed by atoms with E-state index in [1.54, 1.807) is 6.92 Å². The lowest BCUT2D eigenvalue weighted by Gasteiger charge is -2.14. The molecule has 0 unspecified atom stereocenters. The van der Waals surface area contributed by atoms with E-state index in [9.17, 15) is 18.0 Å². The number of nitrogens with zero attached hydrogens (tertiary/aromatic N) is 5. The zero-order valence-electron chi connectivity index (χ0n) is 12.7. The number of hydrogen-bond acceptors (Lipinski definition) is 7. The van der Waals surface area contributed by atoms with Crippen LogP contribution in [-0.2, 0) is 11.3 Å². The van der Waals surface area contributed by atoms with Crippen LogP contribution >= 0.6 is 11.3 Å². The van der Waals surface area contributed by atoms with Gasteiger partial charge in [0.2, 0.25) is 17.4 Å². The van der Waals surface area contributed by atoms with Gasteiger partial charge in [0.05, 0.1) is 6.54 Å². The standard InChI is InChI=1S/C14H10F3N5O2S/c1-7-18-21-14(25-7)22(6-23)5-9-3-2-8(4-10(9)15)12-19-20-13(24-12)11(16)17/h2-4,6,11H,5H2,1H3. The molecule has 0 N–H and O–H groups in total. The maximum absolute atomic E-state index is 14.3. The first-order valence-electron chi connectivity index (χ1n) is 6.90. The first-order valence-corrected chi connectivity index (χ1v) is 7.72. The number of benzene rings is 1. The summed E-state index contributed by atoms with van der Waals surface area (Å²) in [7, 11) is 0. The van der Waals surface area contributed by atoms with Crippen molar-refractivity contribution in [1.29, 1.82) is 0 Å². The summed E-state index contributed by atoms with van der Waals surface area (Å²) in [6.45, 7) is 1.67. The van der Waals surface area contributed by atoms with Crippen LogP contribution < -0.4 is 4.90 Å². The molecule has 130 valence electrons. The van der Waals surface area contributed by atoms with E-state index in [4.69, 9.17) is 4.42 Å². The fraction of sp³-hybridized carbons (Fsp3) is 0.214. The molecule has 7 nitrogen and oxygen atoms in total. The highest BCUT2D eigenvalue weighted by Gasteiger charge is 2.19. The van der Waals surface area contributed by atoms with Crippen molar-refractivity contribution < 1.29 is 22.4 Å². The van der Waals surface area contributed by atoms with Gasteiger partial charge in [0.25, 0.3) is 5.89 Å². The Bertz CT molecular complexity index is 898. The van der Waals surface area contributed by atoms with E-state index in [-0.39, 0.29) is 23.6 Å². The molecule has 0 bridgehead atoms. The molecule has 11 heteroatoms. The number of anilines is 1. The van der Waals surface area contributed by atoms with Gasteiger partial charge in [-0.1, -0.05) is 17.4 Å². The molecular weight excluding hydrogens is 359 g/mol. The first-order chi connectivity index (χ1) is 12.0. The molecule has 0 radical (unpaired) electrons. The quantitative estimate of drug-likeness (QED) is 0.621. The van der Waals surface area contributed by atoms with Gasteiger partial charge >= 0.3 is 6.43 Å². The lowest BCUT2D eigenvalue weighted by atomic mass is 10.1. The molecule has 1 aromatic carbocycles. The monoisotopic (exact) mass is 369 g/mol. The smallest absolute Gasteiger partial charge is 0.314 e. The molecule has 0 saturated heterocycles. The second-order valence-corrected chi connectivity index (χ2v) is 6.05. The number of rotatable bonds is 6. The Labute approximate surface area is 143 Å². The van der Waals surface area contributed by atoms with Gasteiger partial charge < -0.3 is 4.42 Å². The van der Waals surface area contributed by atoms with E-state index in [2.05, 4.69) is 20.4 Å². The van der Waals surface area contributed by atoms with Crippen LogP contribution in [0.1, 0.15) is 22.9 Å². The molecule has 2 heterocycles. The Morgan fingerprint density at radius 3 is 2.64 bits per heavy atom. The number of amides is 1. The van der Waals surface area contributed by atoms with E-state index in [0.29, 0.717) is 16.5 Å². The van der Waals surface area contributed by atoms with Crippen LogP contribution in [0.5, 0.6) is 0 Å². The Hall–Kier alpha value is -2.82. The number of alkyl halides is 2. The van der Waals surface area contributed by atoms with Crippen molar-refractivity contribution in [3.05, 3.63) is 40.5 Å². The average Bonchev–Trinajstić information content (AvgIpc) is 3.23. The lowest BCUT2D eigenvalue weighted by molar-refractivity contribution is -0.107. The highest BCUT2D eigenvalue weighted by Crippen LogP contribution is 2.26. The summed E-state index contributed by atoms with van der Waals surface area (Å²) in [5.41, 5.74) is 0.363. The fourth-order valence-electron chi connectivity index (χ4n) is 1.98. The predicted molar refractivity (Wildman–Crippen MR) is 81.5 cm³/mol. The van der Waals surface area contributed by atoms with E-state index in [0.717, 1.165) is 6.07 Å². The highest BCUT2D eigenvalue weighted by molar-refractivity contribution is 7.15. The van der Waals surface area contributed by atoms with Gasteiger partial charge in [-0.05, 0) is 19.1 Å². The largest absolute Gasteiger partial charge is 0.415 e. The number of hydrogen-bond donors (Lipinski definition) is 0. The van der Waals surface area contributed by atoms with Crippen molar-refractivity contribution in [2.24, 2.45) is 0 Å². The molecule has 1 amide bonds. The van der Waals surface area contributed by atoms with Crippen LogP contribution in [0.3, 0.4) is 0 Å². The summed E-state index contributed by atoms with van der Waals surface area (Å²) in [4.78, 5) is 12.4. The summed E-state index contributed by atoms with van der Waals surface area (Å²) in [5.74, 6) is -1.70. The van der Waals surface area contributed by atoms with Crippen molar-refractivity contribution in [3.63, 3.8) is 0 Å². The molecule has 0 spiro atoms. The lowest BCUT2D eigenvalue weighted by Crippen LogP contribution is -2.20. The van der Waals surface area contributed by atoms with Gasteiger partial charge in [-0.15, -0.1) is 20.4 Å². The third kappa shape index (κ3) is 3.65. The van der Waals surface area contributed by atoms with Crippen LogP contribution in [0.15, 0.2) is 22.6 Å². The van der Waals surface area contributed by atoms with Crippen molar-refractivity contribution in [3.8, 4) is 11.5 Å². The second-order valence-electron chi connectivity index (χ2n) is 4.89. The Morgan fingerprint density at radius 1 is 1.28 bits per heavy atom. The number of aromatic nitrogens is 4. The number of aryl methyl sites for hydroxylation is 1. The first kappa shape index (κ1) is 17.0. The van der Waals surface area contributed by atoms with Crippen molar-refractivity contribution in [1.82, 2.24) is 20.4 Å². The zero-order chi connectivity index (χ0) is 18.0. The van der Waals surface area contributed by atoms with Crippen molar-refractivity contribution in [2.45, 2.75) is 19.9 Å². The van der Waals surface area contributed by atoms with E-state index in [1.165, 1.54) is 28.4 Å². The molecule has 0 atom stereocenters. The summed E-state index contributed by atoms with van der Waals surface area (Å²) >= 11 is 1.20. The summed E-state index contributed by atoms with van der Waals surface area (Å²) in [5, 5.41) is 15.3. The van der Waals surface area contributed by atoms with Crippen LogP contribution in [-0.4, -0.2) is 26.8 Å². The SMILES string of the molecule is Cc1nnc(N(C=O)Cc2ccc(-c3nnc(C(F)F)o3)cc2F)s1. The minimum absolute atomic E-state index is 0.0592. The molecule has 3 rings (SSSR count). The minimum Gasteiger partial charge on any atom is -0.415 e. The molecule has 25 heavy (non-hydrogen) atoms. The van der Waals surface area contributed by atoms with E-state index >= 15 is 0 Å². The number of carbonyl (C=O) groups excluding carboxylic acids is 1. The third-order valence-electron chi connectivity index (χ3n) is 3.16. The zero-order valence-corrected chi connectivity index (χ0v) is 13.5. The van der Waals surface area contributed by atoms with E-state index in [1.807, 2.05) is 0 Å². The summed E-state index contributed by atoms with van der Waals surface area (Å²) < 4.78 is 44.0. The molecule has 2 aromatic heterocycles. The molecule has 3 aromatic rings. The Balaban J connectivity index is 1.82. The molecule has 0 aliphatic carbocycles. The highest BCUT2D eigenvalue weighted by atomic mass is 32.1. The maximum atomic E-state index is 14.3. The molecule has 0 saturated carbocycles.